The summed E-state index contributed by atoms with van der Waals surface area (Å²) in [6.07, 6.45) is 7.27. The van der Waals surface area contributed by atoms with Crippen molar-refractivity contribution >= 4 is 0 Å². The Morgan fingerprint density at radius 1 is 0.781 bits per heavy atom. The Morgan fingerprint density at radius 3 is 1.94 bits per heavy atom. The van der Waals surface area contributed by atoms with Crippen LogP contribution in [0.5, 0.6) is 11.5 Å². The molecule has 0 radical (unpaired) electrons. The number of ether oxygens (including phenoxy) is 4. The largest absolute Gasteiger partial charge is 0.490 e. The Labute approximate surface area is 190 Å². The van der Waals surface area contributed by atoms with Gasteiger partial charge in [0.15, 0.2) is 0 Å². The minimum Gasteiger partial charge on any atom is -0.490 e. The lowest BCUT2D eigenvalue weighted by Gasteiger charge is -2.45. The van der Waals surface area contributed by atoms with E-state index in [0.29, 0.717) is 19.1 Å². The topological polar surface area (TPSA) is 43.5 Å². The van der Waals surface area contributed by atoms with Crippen LogP contribution in [0.2, 0.25) is 0 Å². The Balaban J connectivity index is 1.34. The molecule has 6 atom stereocenters. The van der Waals surface area contributed by atoms with Crippen LogP contribution in [0.4, 0.5) is 0 Å². The van der Waals surface area contributed by atoms with Crippen molar-refractivity contribution in [3.8, 4) is 11.5 Å². The van der Waals surface area contributed by atoms with E-state index in [1.165, 1.54) is 43.2 Å². The molecule has 4 heteroatoms. The summed E-state index contributed by atoms with van der Waals surface area (Å²) in [4.78, 5) is 0. The van der Waals surface area contributed by atoms with E-state index >= 15 is 0 Å². The summed E-state index contributed by atoms with van der Waals surface area (Å²) in [6.45, 7) is 2.93. The maximum atomic E-state index is 6.40. The van der Waals surface area contributed by atoms with Gasteiger partial charge in [-0.2, -0.15) is 0 Å². The molecular formula is C28H32O4. The molecule has 32 heavy (non-hydrogen) atoms. The maximum Gasteiger partial charge on any atom is 0.123 e. The normalized spacial score (nSPS) is 38.5. The summed E-state index contributed by atoms with van der Waals surface area (Å²) in [5, 5.41) is 0. The van der Waals surface area contributed by atoms with E-state index in [1.807, 2.05) is 0 Å². The summed E-state index contributed by atoms with van der Waals surface area (Å²) in [5.41, 5.74) is 2.67. The molecule has 2 heterocycles. The highest BCUT2D eigenvalue weighted by Crippen LogP contribution is 2.69. The van der Waals surface area contributed by atoms with Crippen LogP contribution in [0.15, 0.2) is 48.5 Å². The van der Waals surface area contributed by atoms with Crippen molar-refractivity contribution < 1.29 is 18.9 Å². The highest BCUT2D eigenvalue weighted by atomic mass is 16.6. The van der Waals surface area contributed by atoms with Crippen molar-refractivity contribution in [2.24, 2.45) is 23.7 Å². The van der Waals surface area contributed by atoms with Crippen LogP contribution in [-0.4, -0.2) is 38.6 Å². The van der Waals surface area contributed by atoms with Crippen LogP contribution in [0.25, 0.3) is 0 Å². The van der Waals surface area contributed by atoms with E-state index in [2.05, 4.69) is 48.5 Å². The van der Waals surface area contributed by atoms with Gasteiger partial charge in [0, 0.05) is 16.5 Å². The van der Waals surface area contributed by atoms with Gasteiger partial charge in [0.1, 0.15) is 36.9 Å². The summed E-state index contributed by atoms with van der Waals surface area (Å²) in [6, 6.07) is 17.6. The van der Waals surface area contributed by atoms with Crippen molar-refractivity contribution in [1.82, 2.24) is 0 Å². The Bertz CT molecular complexity index is 935. The van der Waals surface area contributed by atoms with E-state index < -0.39 is 0 Å². The second kappa shape index (κ2) is 7.50. The van der Waals surface area contributed by atoms with E-state index in [9.17, 15) is 0 Å². The van der Waals surface area contributed by atoms with Gasteiger partial charge >= 0.3 is 0 Å². The van der Waals surface area contributed by atoms with Crippen molar-refractivity contribution in [1.29, 1.82) is 0 Å². The number of rotatable bonds is 8. The van der Waals surface area contributed by atoms with Crippen molar-refractivity contribution in [3.05, 3.63) is 59.7 Å². The third-order valence-electron chi connectivity index (χ3n) is 8.91. The molecule has 5 aliphatic rings. The zero-order valence-corrected chi connectivity index (χ0v) is 18.6. The van der Waals surface area contributed by atoms with E-state index in [1.54, 1.807) is 0 Å². The van der Waals surface area contributed by atoms with Gasteiger partial charge in [0.2, 0.25) is 0 Å². The van der Waals surface area contributed by atoms with Gasteiger partial charge < -0.3 is 18.9 Å². The minimum atomic E-state index is -0.0435. The Morgan fingerprint density at radius 2 is 1.34 bits per heavy atom. The number of hydrogen-bond acceptors (Lipinski definition) is 4. The van der Waals surface area contributed by atoms with Gasteiger partial charge in [-0.15, -0.1) is 0 Å². The molecule has 0 amide bonds. The fraction of sp³-hybridized carbons (Fsp3) is 0.571. The third kappa shape index (κ3) is 3.10. The number of benzene rings is 2. The molecule has 5 fully saturated rings. The first-order valence-corrected chi connectivity index (χ1v) is 12.5. The first kappa shape index (κ1) is 19.4. The Hall–Kier alpha value is -2.04. The van der Waals surface area contributed by atoms with Gasteiger partial charge in [0.05, 0.1) is 13.2 Å². The number of epoxide rings is 2. The van der Waals surface area contributed by atoms with Crippen LogP contribution >= 0.6 is 0 Å². The molecule has 168 valence electrons. The van der Waals surface area contributed by atoms with E-state index in [-0.39, 0.29) is 17.6 Å². The molecule has 2 saturated heterocycles. The van der Waals surface area contributed by atoms with Gasteiger partial charge in [-0.3, -0.25) is 0 Å². The summed E-state index contributed by atoms with van der Waals surface area (Å²) >= 11 is 0. The lowest BCUT2D eigenvalue weighted by atomic mass is 9.59. The summed E-state index contributed by atoms with van der Waals surface area (Å²) < 4.78 is 23.7. The van der Waals surface area contributed by atoms with Crippen molar-refractivity contribution in [2.45, 2.75) is 49.7 Å². The molecule has 2 aromatic carbocycles. The van der Waals surface area contributed by atoms with Gasteiger partial charge in [0.25, 0.3) is 0 Å². The molecule has 6 unspecified atom stereocenters. The quantitative estimate of drug-likeness (QED) is 0.552. The highest BCUT2D eigenvalue weighted by Gasteiger charge is 2.63. The molecule has 0 N–H and O–H groups in total. The average molecular weight is 433 g/mol. The molecule has 2 aliphatic heterocycles. The lowest BCUT2D eigenvalue weighted by Crippen LogP contribution is -2.41. The summed E-state index contributed by atoms with van der Waals surface area (Å²) in [5.74, 6) is 5.29. The molecule has 0 aromatic heterocycles. The predicted octanol–water partition coefficient (Wildman–Crippen LogP) is 4.98. The predicted molar refractivity (Wildman–Crippen MR) is 121 cm³/mol. The first-order chi connectivity index (χ1) is 15.8. The molecule has 3 aliphatic carbocycles. The molecule has 0 spiro atoms. The lowest BCUT2D eigenvalue weighted by molar-refractivity contribution is 0.169. The third-order valence-corrected chi connectivity index (χ3v) is 8.91. The minimum absolute atomic E-state index is 0.0435. The second-order valence-electron chi connectivity index (χ2n) is 10.6. The van der Waals surface area contributed by atoms with Crippen molar-refractivity contribution in [3.63, 3.8) is 0 Å². The monoisotopic (exact) mass is 432 g/mol. The second-order valence-corrected chi connectivity index (χ2v) is 10.6. The smallest absolute Gasteiger partial charge is 0.123 e. The Kier molecular flexibility index (Phi) is 4.55. The average Bonchev–Trinajstić information content (AvgIpc) is 3.72. The molecule has 2 aromatic rings. The van der Waals surface area contributed by atoms with Gasteiger partial charge in [-0.05, 0) is 61.5 Å². The number of hydrogen-bond donors (Lipinski definition) is 0. The molecule has 4 nitrogen and oxygen atoms in total. The van der Waals surface area contributed by atoms with Gasteiger partial charge in [-0.1, -0.05) is 42.8 Å². The van der Waals surface area contributed by atoms with E-state index in [4.69, 9.17) is 18.9 Å². The van der Waals surface area contributed by atoms with Crippen LogP contribution in [-0.2, 0) is 14.9 Å². The van der Waals surface area contributed by atoms with Crippen LogP contribution in [0.1, 0.15) is 43.2 Å². The first-order valence-electron chi connectivity index (χ1n) is 12.5. The molecule has 3 saturated carbocycles. The summed E-state index contributed by atoms with van der Waals surface area (Å²) in [7, 11) is 0. The van der Waals surface area contributed by atoms with Crippen molar-refractivity contribution in [2.75, 3.05) is 26.4 Å². The number of fused-ring (bicyclic) bond motifs is 5. The zero-order valence-electron chi connectivity index (χ0n) is 18.6. The zero-order chi connectivity index (χ0) is 21.1. The molecular weight excluding hydrogens is 400 g/mol. The number of para-hydroxylation sites is 2. The molecule has 2 bridgehead atoms. The SMILES string of the molecule is c1ccc(C2(c3ccccc3OCC3CO3)CC3CC2C2CCCC32)c(OCC2CO2)c1. The fourth-order valence-electron chi connectivity index (χ4n) is 7.52. The van der Waals surface area contributed by atoms with Crippen LogP contribution < -0.4 is 9.47 Å². The van der Waals surface area contributed by atoms with Crippen LogP contribution in [0.3, 0.4) is 0 Å². The van der Waals surface area contributed by atoms with Crippen LogP contribution in [0, 0.1) is 23.7 Å². The molecule has 7 rings (SSSR count). The highest BCUT2D eigenvalue weighted by molar-refractivity contribution is 5.54. The van der Waals surface area contributed by atoms with E-state index in [0.717, 1.165) is 42.5 Å². The standard InChI is InChI=1S/C28H32O4/c1-3-10-26(31-16-19-14-29-19)23(8-1)28(13-18-12-25(28)22-7-5-6-21(18)22)24-9-2-4-11-27(24)32-17-20-15-30-20/h1-4,8-11,18-22,25H,5-7,12-17H2. The van der Waals surface area contributed by atoms with Gasteiger partial charge in [-0.25, -0.2) is 0 Å². The fourth-order valence-corrected chi connectivity index (χ4v) is 7.52. The maximum absolute atomic E-state index is 6.40.